The molecule has 6 heteroatoms. The first-order chi connectivity index (χ1) is 11.5. The SMILES string of the molecule is COC(=O)c1cc(OC)ccc1NC(=O)c1cccc(N(C)C)c1. The third-order valence-electron chi connectivity index (χ3n) is 3.50. The zero-order valence-corrected chi connectivity index (χ0v) is 14.1. The first-order valence-corrected chi connectivity index (χ1v) is 7.31. The van der Waals surface area contributed by atoms with Crippen LogP contribution >= 0.6 is 0 Å². The molecular weight excluding hydrogens is 308 g/mol. The fraction of sp³-hybridized carbons (Fsp3) is 0.222. The second-order valence-corrected chi connectivity index (χ2v) is 5.30. The molecule has 6 nitrogen and oxygen atoms in total. The molecule has 0 heterocycles. The number of carbonyl (C=O) groups excluding carboxylic acids is 2. The lowest BCUT2D eigenvalue weighted by atomic mass is 10.1. The van der Waals surface area contributed by atoms with Gasteiger partial charge in [0.1, 0.15) is 5.75 Å². The Bertz CT molecular complexity index is 756. The molecule has 0 radical (unpaired) electrons. The summed E-state index contributed by atoms with van der Waals surface area (Å²) >= 11 is 0. The van der Waals surface area contributed by atoms with Crippen molar-refractivity contribution in [2.24, 2.45) is 0 Å². The van der Waals surface area contributed by atoms with E-state index in [1.165, 1.54) is 20.3 Å². The number of rotatable bonds is 5. The summed E-state index contributed by atoms with van der Waals surface area (Å²) in [5.41, 5.74) is 2.00. The first kappa shape index (κ1) is 17.3. The fourth-order valence-electron chi connectivity index (χ4n) is 2.16. The maximum absolute atomic E-state index is 12.5. The number of anilines is 2. The number of hydrogen-bond acceptors (Lipinski definition) is 5. The lowest BCUT2D eigenvalue weighted by Gasteiger charge is -2.14. The van der Waals surface area contributed by atoms with Crippen LogP contribution in [-0.2, 0) is 4.74 Å². The molecule has 1 amide bonds. The van der Waals surface area contributed by atoms with Crippen molar-refractivity contribution >= 4 is 23.3 Å². The Morgan fingerprint density at radius 1 is 1.04 bits per heavy atom. The van der Waals surface area contributed by atoms with E-state index in [4.69, 9.17) is 9.47 Å². The minimum Gasteiger partial charge on any atom is -0.497 e. The number of nitrogens with one attached hydrogen (secondary N) is 1. The molecule has 0 atom stereocenters. The smallest absolute Gasteiger partial charge is 0.340 e. The van der Waals surface area contributed by atoms with Crippen molar-refractivity contribution in [2.75, 3.05) is 38.5 Å². The summed E-state index contributed by atoms with van der Waals surface area (Å²) in [7, 11) is 6.58. The number of esters is 1. The summed E-state index contributed by atoms with van der Waals surface area (Å²) in [4.78, 5) is 26.3. The van der Waals surface area contributed by atoms with Crippen molar-refractivity contribution in [3.63, 3.8) is 0 Å². The van der Waals surface area contributed by atoms with Crippen molar-refractivity contribution in [1.29, 1.82) is 0 Å². The molecule has 2 aromatic rings. The minimum absolute atomic E-state index is 0.231. The van der Waals surface area contributed by atoms with Gasteiger partial charge in [-0.1, -0.05) is 6.07 Å². The van der Waals surface area contributed by atoms with E-state index in [0.29, 0.717) is 17.0 Å². The highest BCUT2D eigenvalue weighted by Crippen LogP contribution is 2.24. The quantitative estimate of drug-likeness (QED) is 0.855. The van der Waals surface area contributed by atoms with E-state index in [-0.39, 0.29) is 11.5 Å². The van der Waals surface area contributed by atoms with Crippen LogP contribution in [0.2, 0.25) is 0 Å². The standard InChI is InChI=1S/C18H20N2O4/c1-20(2)13-7-5-6-12(10-13)17(21)19-16-9-8-14(23-3)11-15(16)18(22)24-4/h5-11H,1-4H3,(H,19,21). The van der Waals surface area contributed by atoms with Gasteiger partial charge in [-0.2, -0.15) is 0 Å². The zero-order chi connectivity index (χ0) is 17.7. The Morgan fingerprint density at radius 3 is 2.42 bits per heavy atom. The molecule has 24 heavy (non-hydrogen) atoms. The maximum Gasteiger partial charge on any atom is 0.340 e. The average Bonchev–Trinajstić information content (AvgIpc) is 2.61. The first-order valence-electron chi connectivity index (χ1n) is 7.31. The Kier molecular flexibility index (Phi) is 5.42. The number of hydrogen-bond donors (Lipinski definition) is 1. The van der Waals surface area contributed by atoms with Gasteiger partial charge >= 0.3 is 5.97 Å². The molecule has 0 saturated heterocycles. The van der Waals surface area contributed by atoms with E-state index in [0.717, 1.165) is 5.69 Å². The highest BCUT2D eigenvalue weighted by atomic mass is 16.5. The van der Waals surface area contributed by atoms with E-state index in [1.54, 1.807) is 30.3 Å². The topological polar surface area (TPSA) is 67.9 Å². The molecule has 126 valence electrons. The van der Waals surface area contributed by atoms with Crippen molar-refractivity contribution in [2.45, 2.75) is 0 Å². The Morgan fingerprint density at radius 2 is 1.79 bits per heavy atom. The van der Waals surface area contributed by atoms with Gasteiger partial charge in [0.25, 0.3) is 5.91 Å². The lowest BCUT2D eigenvalue weighted by molar-refractivity contribution is 0.0601. The molecule has 1 N–H and O–H groups in total. The third-order valence-corrected chi connectivity index (χ3v) is 3.50. The monoisotopic (exact) mass is 328 g/mol. The van der Waals surface area contributed by atoms with Crippen LogP contribution < -0.4 is 15.0 Å². The Hall–Kier alpha value is -3.02. The average molecular weight is 328 g/mol. The minimum atomic E-state index is -0.550. The van der Waals surface area contributed by atoms with Crippen LogP contribution in [0.1, 0.15) is 20.7 Å². The number of nitrogens with zero attached hydrogens (tertiary/aromatic N) is 1. The molecule has 0 aromatic heterocycles. The van der Waals surface area contributed by atoms with Crippen LogP contribution in [0.3, 0.4) is 0 Å². The molecule has 2 rings (SSSR count). The van der Waals surface area contributed by atoms with E-state index >= 15 is 0 Å². The van der Waals surface area contributed by atoms with Gasteiger partial charge in [0.05, 0.1) is 25.5 Å². The number of methoxy groups -OCH3 is 2. The fourth-order valence-corrected chi connectivity index (χ4v) is 2.16. The summed E-state index contributed by atoms with van der Waals surface area (Å²) in [6, 6.07) is 12.0. The van der Waals surface area contributed by atoms with Gasteiger partial charge in [0.2, 0.25) is 0 Å². The van der Waals surface area contributed by atoms with Crippen LogP contribution in [0.25, 0.3) is 0 Å². The Balaban J connectivity index is 2.31. The molecule has 2 aromatic carbocycles. The summed E-state index contributed by atoms with van der Waals surface area (Å²) < 4.78 is 9.87. The second kappa shape index (κ2) is 7.50. The van der Waals surface area contributed by atoms with Crippen molar-refractivity contribution < 1.29 is 19.1 Å². The molecule has 0 aliphatic heterocycles. The predicted octanol–water partition coefficient (Wildman–Crippen LogP) is 2.80. The van der Waals surface area contributed by atoms with E-state index < -0.39 is 5.97 Å². The molecule has 0 unspecified atom stereocenters. The van der Waals surface area contributed by atoms with Crippen LogP contribution in [0.5, 0.6) is 5.75 Å². The van der Waals surface area contributed by atoms with Gasteiger partial charge < -0.3 is 19.7 Å². The second-order valence-electron chi connectivity index (χ2n) is 5.30. The number of amides is 1. The molecule has 0 aliphatic rings. The van der Waals surface area contributed by atoms with Gasteiger partial charge in [-0.05, 0) is 36.4 Å². The lowest BCUT2D eigenvalue weighted by Crippen LogP contribution is -2.16. The van der Waals surface area contributed by atoms with Gasteiger partial charge in [-0.25, -0.2) is 4.79 Å². The third kappa shape index (κ3) is 3.84. The predicted molar refractivity (Wildman–Crippen MR) is 93.1 cm³/mol. The number of benzene rings is 2. The molecule has 0 saturated carbocycles. The highest BCUT2D eigenvalue weighted by molar-refractivity contribution is 6.08. The summed E-state index contributed by atoms with van der Waals surface area (Å²) in [5, 5.41) is 2.75. The van der Waals surface area contributed by atoms with E-state index in [2.05, 4.69) is 5.32 Å². The molecular formula is C18H20N2O4. The van der Waals surface area contributed by atoms with E-state index in [1.807, 2.05) is 25.1 Å². The van der Waals surface area contributed by atoms with Gasteiger partial charge in [-0.15, -0.1) is 0 Å². The van der Waals surface area contributed by atoms with Gasteiger partial charge in [0.15, 0.2) is 0 Å². The highest BCUT2D eigenvalue weighted by Gasteiger charge is 2.16. The number of carbonyl (C=O) groups is 2. The Labute approximate surface area is 141 Å². The van der Waals surface area contributed by atoms with Crippen LogP contribution in [0, 0.1) is 0 Å². The number of ether oxygens (including phenoxy) is 2. The van der Waals surface area contributed by atoms with Crippen molar-refractivity contribution in [3.8, 4) is 5.75 Å². The van der Waals surface area contributed by atoms with Crippen molar-refractivity contribution in [3.05, 3.63) is 53.6 Å². The van der Waals surface area contributed by atoms with Gasteiger partial charge in [0, 0.05) is 25.3 Å². The van der Waals surface area contributed by atoms with Crippen molar-refractivity contribution in [1.82, 2.24) is 0 Å². The maximum atomic E-state index is 12.5. The normalized spacial score (nSPS) is 10.0. The molecule has 0 aliphatic carbocycles. The zero-order valence-electron chi connectivity index (χ0n) is 14.1. The van der Waals surface area contributed by atoms with Crippen LogP contribution in [0.4, 0.5) is 11.4 Å². The molecule has 0 fully saturated rings. The van der Waals surface area contributed by atoms with Gasteiger partial charge in [-0.3, -0.25) is 4.79 Å². The van der Waals surface area contributed by atoms with Crippen LogP contribution in [-0.4, -0.2) is 40.2 Å². The molecule has 0 bridgehead atoms. The molecule has 0 spiro atoms. The largest absolute Gasteiger partial charge is 0.497 e. The summed E-state index contributed by atoms with van der Waals surface area (Å²) in [6.07, 6.45) is 0. The summed E-state index contributed by atoms with van der Waals surface area (Å²) in [6.45, 7) is 0. The van der Waals surface area contributed by atoms with E-state index in [9.17, 15) is 9.59 Å². The van der Waals surface area contributed by atoms with Crippen LogP contribution in [0.15, 0.2) is 42.5 Å². The summed E-state index contributed by atoms with van der Waals surface area (Å²) in [5.74, 6) is -0.358.